The summed E-state index contributed by atoms with van der Waals surface area (Å²) >= 11 is 0. The van der Waals surface area contributed by atoms with Crippen molar-refractivity contribution in [2.24, 2.45) is 11.8 Å². The molecule has 2 fully saturated rings. The second kappa shape index (κ2) is 8.74. The second-order valence-electron chi connectivity index (χ2n) is 8.05. The van der Waals surface area contributed by atoms with Crippen LogP contribution in [0.15, 0.2) is 42.5 Å². The van der Waals surface area contributed by atoms with Crippen molar-refractivity contribution in [2.75, 3.05) is 32.7 Å². The number of carbonyl (C=O) groups excluding carboxylic acids is 2. The minimum Gasteiger partial charge on any atom is -0.356 e. The molecule has 5 heteroatoms. The standard InChI is InChI=1S/C23H29N3O2/c27-22(25-16-17-5-4-12-24-15-17)19-10-13-26(14-11-19)23(28)21-9-3-7-18-6-1-2-8-20(18)21/h1-3,6-9,17,19,24H,4-5,10-16H2,(H,25,27). The van der Waals surface area contributed by atoms with E-state index in [2.05, 4.69) is 10.6 Å². The number of hydrogen-bond acceptors (Lipinski definition) is 3. The number of likely N-dealkylation sites (tertiary alicyclic amines) is 1. The van der Waals surface area contributed by atoms with Gasteiger partial charge in [-0.2, -0.15) is 0 Å². The lowest BCUT2D eigenvalue weighted by Gasteiger charge is -2.32. The lowest BCUT2D eigenvalue weighted by Crippen LogP contribution is -2.45. The molecular weight excluding hydrogens is 350 g/mol. The van der Waals surface area contributed by atoms with E-state index in [0.717, 1.165) is 48.8 Å². The summed E-state index contributed by atoms with van der Waals surface area (Å²) in [5.41, 5.74) is 0.755. The molecule has 2 amide bonds. The maximum atomic E-state index is 13.0. The molecule has 2 aliphatic rings. The van der Waals surface area contributed by atoms with Crippen LogP contribution in [-0.4, -0.2) is 49.4 Å². The number of fused-ring (bicyclic) bond motifs is 1. The van der Waals surface area contributed by atoms with Crippen molar-refractivity contribution in [1.82, 2.24) is 15.5 Å². The van der Waals surface area contributed by atoms with Crippen molar-refractivity contribution >= 4 is 22.6 Å². The van der Waals surface area contributed by atoms with Crippen molar-refractivity contribution in [1.29, 1.82) is 0 Å². The van der Waals surface area contributed by atoms with Gasteiger partial charge in [0.15, 0.2) is 0 Å². The highest BCUT2D eigenvalue weighted by Gasteiger charge is 2.28. The third-order valence-corrected chi connectivity index (χ3v) is 6.14. The van der Waals surface area contributed by atoms with E-state index in [0.29, 0.717) is 19.0 Å². The molecule has 4 rings (SSSR count). The normalized spacial score (nSPS) is 20.9. The van der Waals surface area contributed by atoms with E-state index in [-0.39, 0.29) is 17.7 Å². The van der Waals surface area contributed by atoms with Crippen molar-refractivity contribution in [2.45, 2.75) is 25.7 Å². The first kappa shape index (κ1) is 18.9. The van der Waals surface area contributed by atoms with Crippen LogP contribution in [0.2, 0.25) is 0 Å². The molecule has 2 aromatic carbocycles. The van der Waals surface area contributed by atoms with E-state index < -0.39 is 0 Å². The van der Waals surface area contributed by atoms with Gasteiger partial charge in [0.05, 0.1) is 0 Å². The topological polar surface area (TPSA) is 61.4 Å². The van der Waals surface area contributed by atoms with Crippen LogP contribution in [0.4, 0.5) is 0 Å². The summed E-state index contributed by atoms with van der Waals surface area (Å²) in [7, 11) is 0. The molecule has 2 aromatic rings. The zero-order chi connectivity index (χ0) is 19.3. The van der Waals surface area contributed by atoms with Gasteiger partial charge >= 0.3 is 0 Å². The molecule has 2 saturated heterocycles. The van der Waals surface area contributed by atoms with Crippen LogP contribution in [0.1, 0.15) is 36.0 Å². The van der Waals surface area contributed by atoms with Gasteiger partial charge in [-0.3, -0.25) is 9.59 Å². The van der Waals surface area contributed by atoms with Crippen LogP contribution >= 0.6 is 0 Å². The van der Waals surface area contributed by atoms with Crippen molar-refractivity contribution in [3.8, 4) is 0 Å². The number of amides is 2. The van der Waals surface area contributed by atoms with Crippen LogP contribution in [0.25, 0.3) is 10.8 Å². The summed E-state index contributed by atoms with van der Waals surface area (Å²) in [6.45, 7) is 4.14. The Morgan fingerprint density at radius 1 is 1.04 bits per heavy atom. The van der Waals surface area contributed by atoms with E-state index in [1.807, 2.05) is 47.4 Å². The Balaban J connectivity index is 1.32. The third kappa shape index (κ3) is 4.20. The van der Waals surface area contributed by atoms with Gasteiger partial charge in [0, 0.05) is 31.1 Å². The molecule has 0 spiro atoms. The van der Waals surface area contributed by atoms with E-state index in [4.69, 9.17) is 0 Å². The van der Waals surface area contributed by atoms with E-state index >= 15 is 0 Å². The molecule has 148 valence electrons. The summed E-state index contributed by atoms with van der Waals surface area (Å²) in [5.74, 6) is 0.797. The molecule has 2 heterocycles. The third-order valence-electron chi connectivity index (χ3n) is 6.14. The number of benzene rings is 2. The first-order valence-corrected chi connectivity index (χ1v) is 10.5. The molecule has 0 aromatic heterocycles. The molecule has 2 N–H and O–H groups in total. The summed E-state index contributed by atoms with van der Waals surface area (Å²) in [5, 5.41) is 8.61. The summed E-state index contributed by atoms with van der Waals surface area (Å²) in [6, 6.07) is 13.9. The molecular formula is C23H29N3O2. The second-order valence-corrected chi connectivity index (χ2v) is 8.05. The minimum atomic E-state index is 0.0214. The lowest BCUT2D eigenvalue weighted by molar-refractivity contribution is -0.126. The smallest absolute Gasteiger partial charge is 0.254 e. The molecule has 0 aliphatic carbocycles. The molecule has 0 saturated carbocycles. The maximum Gasteiger partial charge on any atom is 0.254 e. The number of hydrogen-bond donors (Lipinski definition) is 2. The molecule has 2 aliphatic heterocycles. The Hall–Kier alpha value is -2.40. The number of nitrogens with one attached hydrogen (secondary N) is 2. The van der Waals surface area contributed by atoms with Gasteiger partial charge in [0.2, 0.25) is 5.91 Å². The van der Waals surface area contributed by atoms with E-state index in [9.17, 15) is 9.59 Å². The first-order valence-electron chi connectivity index (χ1n) is 10.5. The van der Waals surface area contributed by atoms with Gasteiger partial charge in [-0.15, -0.1) is 0 Å². The number of rotatable bonds is 4. The van der Waals surface area contributed by atoms with Crippen LogP contribution in [0.3, 0.4) is 0 Å². The van der Waals surface area contributed by atoms with Crippen LogP contribution in [-0.2, 0) is 4.79 Å². The highest BCUT2D eigenvalue weighted by atomic mass is 16.2. The highest BCUT2D eigenvalue weighted by Crippen LogP contribution is 2.24. The van der Waals surface area contributed by atoms with Crippen molar-refractivity contribution < 1.29 is 9.59 Å². The van der Waals surface area contributed by atoms with E-state index in [1.165, 1.54) is 12.8 Å². The van der Waals surface area contributed by atoms with Gasteiger partial charge in [-0.1, -0.05) is 36.4 Å². The van der Waals surface area contributed by atoms with Gasteiger partial charge in [-0.05, 0) is 61.5 Å². The lowest BCUT2D eigenvalue weighted by atomic mass is 9.94. The number of piperidine rings is 2. The Bertz CT molecular complexity index is 831. The molecule has 5 nitrogen and oxygen atoms in total. The summed E-state index contributed by atoms with van der Waals surface area (Å²) in [4.78, 5) is 27.5. The highest BCUT2D eigenvalue weighted by molar-refractivity contribution is 6.07. The largest absolute Gasteiger partial charge is 0.356 e. The van der Waals surface area contributed by atoms with Crippen molar-refractivity contribution in [3.05, 3.63) is 48.0 Å². The Labute approximate surface area is 166 Å². The molecule has 0 radical (unpaired) electrons. The summed E-state index contributed by atoms with van der Waals surface area (Å²) in [6.07, 6.45) is 3.86. The Kier molecular flexibility index (Phi) is 5.91. The molecule has 1 unspecified atom stereocenters. The first-order chi connectivity index (χ1) is 13.7. The SMILES string of the molecule is O=C(NCC1CCCNC1)C1CCN(C(=O)c2cccc3ccccc23)CC1. The monoisotopic (exact) mass is 379 g/mol. The fourth-order valence-electron chi connectivity index (χ4n) is 4.41. The van der Waals surface area contributed by atoms with Gasteiger partial charge in [0.1, 0.15) is 0 Å². The van der Waals surface area contributed by atoms with Gasteiger partial charge < -0.3 is 15.5 Å². The predicted molar refractivity (Wildman–Crippen MR) is 111 cm³/mol. The summed E-state index contributed by atoms with van der Waals surface area (Å²) < 4.78 is 0. The number of nitrogens with zero attached hydrogens (tertiary/aromatic N) is 1. The quantitative estimate of drug-likeness (QED) is 0.859. The van der Waals surface area contributed by atoms with Crippen LogP contribution in [0, 0.1) is 11.8 Å². The number of carbonyl (C=O) groups is 2. The van der Waals surface area contributed by atoms with Gasteiger partial charge in [-0.25, -0.2) is 0 Å². The van der Waals surface area contributed by atoms with Crippen LogP contribution in [0.5, 0.6) is 0 Å². The van der Waals surface area contributed by atoms with E-state index in [1.54, 1.807) is 0 Å². The fraction of sp³-hybridized carbons (Fsp3) is 0.478. The Morgan fingerprint density at radius 3 is 2.61 bits per heavy atom. The van der Waals surface area contributed by atoms with Gasteiger partial charge in [0.25, 0.3) is 5.91 Å². The van der Waals surface area contributed by atoms with Crippen molar-refractivity contribution in [3.63, 3.8) is 0 Å². The molecule has 0 bridgehead atoms. The average molecular weight is 380 g/mol. The molecule has 1 atom stereocenters. The molecule has 28 heavy (non-hydrogen) atoms. The average Bonchev–Trinajstić information content (AvgIpc) is 2.77. The minimum absolute atomic E-state index is 0.0214. The zero-order valence-corrected chi connectivity index (χ0v) is 16.3. The zero-order valence-electron chi connectivity index (χ0n) is 16.3. The van der Waals surface area contributed by atoms with Crippen LogP contribution < -0.4 is 10.6 Å². The maximum absolute atomic E-state index is 13.0. The Morgan fingerprint density at radius 2 is 1.82 bits per heavy atom. The predicted octanol–water partition coefficient (Wildman–Crippen LogP) is 2.81. The fourth-order valence-corrected chi connectivity index (χ4v) is 4.41.